The van der Waals surface area contributed by atoms with Crippen LogP contribution in [-0.2, 0) is 0 Å². The van der Waals surface area contributed by atoms with Crippen LogP contribution in [0.2, 0.25) is 0 Å². The molecule has 0 N–H and O–H groups in total. The van der Waals surface area contributed by atoms with Crippen LogP contribution >= 0.6 is 0 Å². The van der Waals surface area contributed by atoms with E-state index < -0.39 is 0 Å². The SMILES string of the molecule is c1cc(-c2ccc(N(c3ccc(-c4ccc5ccccc5c4)cc3)c3ccc(-c4ccc5c(c4)oc4c6ccccc6ccc54)cc3)cc2)cc(-n2c3ccccc3c3ccccc32)c1. The van der Waals surface area contributed by atoms with Crippen LogP contribution in [0.4, 0.5) is 17.1 Å². The lowest BCUT2D eigenvalue weighted by molar-refractivity contribution is 0.673. The van der Waals surface area contributed by atoms with Gasteiger partial charge in [0.05, 0.1) is 11.0 Å². The Morgan fingerprint density at radius 3 is 1.42 bits per heavy atom. The molecule has 2 aromatic heterocycles. The Balaban J connectivity index is 0.868. The molecule has 0 fully saturated rings. The van der Waals surface area contributed by atoms with Crippen LogP contribution in [0.1, 0.15) is 0 Å². The first kappa shape index (κ1) is 36.9. The van der Waals surface area contributed by atoms with Crippen molar-refractivity contribution in [2.75, 3.05) is 4.90 Å². The Kier molecular flexibility index (Phi) is 8.53. The Morgan fingerprint density at radius 1 is 0.292 bits per heavy atom. The van der Waals surface area contributed by atoms with Gasteiger partial charge in [-0.15, -0.1) is 0 Å². The number of aromatic nitrogens is 1. The average molecular weight is 829 g/mol. The summed E-state index contributed by atoms with van der Waals surface area (Å²) >= 11 is 0. The summed E-state index contributed by atoms with van der Waals surface area (Å²) in [6.07, 6.45) is 0. The lowest BCUT2D eigenvalue weighted by Gasteiger charge is -2.26. The summed E-state index contributed by atoms with van der Waals surface area (Å²) in [5, 5.41) is 9.60. The zero-order chi connectivity index (χ0) is 42.8. The Hall–Kier alpha value is -8.66. The fraction of sp³-hybridized carbons (Fsp3) is 0. The highest BCUT2D eigenvalue weighted by molar-refractivity contribution is 6.15. The highest BCUT2D eigenvalue weighted by atomic mass is 16.3. The van der Waals surface area contributed by atoms with Crippen molar-refractivity contribution in [3.63, 3.8) is 0 Å². The van der Waals surface area contributed by atoms with Crippen molar-refractivity contribution >= 4 is 82.4 Å². The van der Waals surface area contributed by atoms with E-state index in [1.807, 2.05) is 0 Å². The summed E-state index contributed by atoms with van der Waals surface area (Å²) in [4.78, 5) is 2.35. The van der Waals surface area contributed by atoms with E-state index in [4.69, 9.17) is 4.42 Å². The van der Waals surface area contributed by atoms with Gasteiger partial charge in [-0.1, -0.05) is 158 Å². The number of rotatable bonds is 7. The summed E-state index contributed by atoms with van der Waals surface area (Å²) in [7, 11) is 0. The van der Waals surface area contributed by atoms with E-state index in [1.165, 1.54) is 54.7 Å². The third-order valence-electron chi connectivity index (χ3n) is 13.2. The molecule has 0 spiro atoms. The number of hydrogen-bond acceptors (Lipinski definition) is 2. The number of hydrogen-bond donors (Lipinski definition) is 0. The van der Waals surface area contributed by atoms with Crippen LogP contribution in [0.15, 0.2) is 247 Å². The van der Waals surface area contributed by atoms with Crippen molar-refractivity contribution in [3.8, 4) is 39.1 Å². The van der Waals surface area contributed by atoms with Gasteiger partial charge in [0.25, 0.3) is 0 Å². The van der Waals surface area contributed by atoms with Gasteiger partial charge < -0.3 is 13.9 Å². The molecule has 13 aromatic rings. The van der Waals surface area contributed by atoms with Gasteiger partial charge >= 0.3 is 0 Å². The van der Waals surface area contributed by atoms with Crippen LogP contribution in [0.25, 0.3) is 104 Å². The molecule has 13 rings (SSSR count). The van der Waals surface area contributed by atoms with Gasteiger partial charge in [-0.05, 0) is 134 Å². The van der Waals surface area contributed by atoms with Gasteiger partial charge in [-0.2, -0.15) is 0 Å². The topological polar surface area (TPSA) is 21.3 Å². The van der Waals surface area contributed by atoms with Gasteiger partial charge in [0.15, 0.2) is 0 Å². The molecule has 0 aliphatic rings. The van der Waals surface area contributed by atoms with Crippen molar-refractivity contribution in [2.45, 2.75) is 0 Å². The van der Waals surface area contributed by atoms with Crippen molar-refractivity contribution in [3.05, 3.63) is 243 Å². The predicted molar refractivity (Wildman–Crippen MR) is 274 cm³/mol. The molecule has 0 radical (unpaired) electrons. The molecule has 0 unspecified atom stereocenters. The molecule has 0 bridgehead atoms. The normalized spacial score (nSPS) is 11.7. The maximum absolute atomic E-state index is 6.56. The third kappa shape index (κ3) is 6.28. The van der Waals surface area contributed by atoms with E-state index in [0.717, 1.165) is 66.8 Å². The van der Waals surface area contributed by atoms with Crippen molar-refractivity contribution < 1.29 is 4.42 Å². The average Bonchev–Trinajstić information content (AvgIpc) is 3.93. The van der Waals surface area contributed by atoms with Gasteiger partial charge in [-0.25, -0.2) is 0 Å². The Labute approximate surface area is 376 Å². The molecule has 0 aliphatic heterocycles. The predicted octanol–water partition coefficient (Wildman–Crippen LogP) is 17.5. The highest BCUT2D eigenvalue weighted by Gasteiger charge is 2.17. The minimum atomic E-state index is 0.895. The van der Waals surface area contributed by atoms with Crippen molar-refractivity contribution in [2.24, 2.45) is 0 Å². The third-order valence-corrected chi connectivity index (χ3v) is 13.2. The van der Waals surface area contributed by atoms with Gasteiger partial charge in [0.2, 0.25) is 0 Å². The van der Waals surface area contributed by atoms with Crippen LogP contribution in [0.3, 0.4) is 0 Å². The minimum absolute atomic E-state index is 0.895. The zero-order valence-corrected chi connectivity index (χ0v) is 35.4. The molecule has 0 saturated heterocycles. The molecule has 0 atom stereocenters. The standard InChI is InChI=1S/C62H40N2O/c1-2-12-46-38-48(21-20-41(46)10-1)43-24-32-51(33-25-43)63(52-34-26-44(27-35-52)49-29-36-57-58-37-28-45-11-3-4-15-54(45)62(58)65-61(57)40-49)50-30-22-42(23-31-50)47-13-9-14-53(39-47)64-59-18-7-5-16-55(59)56-17-6-8-19-60(56)64/h1-40H. The Morgan fingerprint density at radius 2 is 0.769 bits per heavy atom. The van der Waals surface area contributed by atoms with E-state index in [0.29, 0.717) is 0 Å². The number of anilines is 3. The quantitative estimate of drug-likeness (QED) is 0.160. The number of fused-ring (bicyclic) bond motifs is 9. The van der Waals surface area contributed by atoms with E-state index in [9.17, 15) is 0 Å². The first-order valence-corrected chi connectivity index (χ1v) is 22.2. The van der Waals surface area contributed by atoms with Gasteiger partial charge in [-0.3, -0.25) is 0 Å². The smallest absolute Gasteiger partial charge is 0.143 e. The number of furan rings is 1. The molecule has 304 valence electrons. The molecule has 65 heavy (non-hydrogen) atoms. The maximum atomic E-state index is 6.56. The zero-order valence-electron chi connectivity index (χ0n) is 35.4. The van der Waals surface area contributed by atoms with Crippen LogP contribution in [-0.4, -0.2) is 4.57 Å². The van der Waals surface area contributed by atoms with Crippen LogP contribution in [0.5, 0.6) is 0 Å². The lowest BCUT2D eigenvalue weighted by atomic mass is 10.00. The largest absolute Gasteiger partial charge is 0.455 e. The summed E-state index contributed by atoms with van der Waals surface area (Å²) in [6.45, 7) is 0. The monoisotopic (exact) mass is 828 g/mol. The molecule has 3 heteroatoms. The first-order chi connectivity index (χ1) is 32.2. The van der Waals surface area contributed by atoms with Crippen molar-refractivity contribution in [1.29, 1.82) is 0 Å². The van der Waals surface area contributed by atoms with Crippen LogP contribution < -0.4 is 4.90 Å². The fourth-order valence-electron chi connectivity index (χ4n) is 9.93. The summed E-state index contributed by atoms with van der Waals surface area (Å²) in [5.74, 6) is 0. The molecule has 0 aliphatic carbocycles. The molecule has 0 amide bonds. The molecule has 2 heterocycles. The van der Waals surface area contributed by atoms with E-state index >= 15 is 0 Å². The summed E-state index contributed by atoms with van der Waals surface area (Å²) in [6, 6.07) is 87.7. The van der Waals surface area contributed by atoms with Gasteiger partial charge in [0.1, 0.15) is 11.2 Å². The fourth-order valence-corrected chi connectivity index (χ4v) is 9.93. The second-order valence-corrected chi connectivity index (χ2v) is 16.9. The highest BCUT2D eigenvalue weighted by Crippen LogP contribution is 2.41. The molecule has 11 aromatic carbocycles. The lowest BCUT2D eigenvalue weighted by Crippen LogP contribution is -2.09. The molecular weight excluding hydrogens is 789 g/mol. The molecule has 0 saturated carbocycles. The first-order valence-electron chi connectivity index (χ1n) is 22.2. The van der Waals surface area contributed by atoms with E-state index in [1.54, 1.807) is 0 Å². The van der Waals surface area contributed by atoms with Crippen LogP contribution in [0, 0.1) is 0 Å². The molecular formula is C62H40N2O. The second kappa shape index (κ2) is 15.0. The molecule has 3 nitrogen and oxygen atoms in total. The maximum Gasteiger partial charge on any atom is 0.143 e. The summed E-state index contributed by atoms with van der Waals surface area (Å²) in [5.41, 5.74) is 15.6. The van der Waals surface area contributed by atoms with E-state index in [-0.39, 0.29) is 0 Å². The number of para-hydroxylation sites is 2. The van der Waals surface area contributed by atoms with Crippen molar-refractivity contribution in [1.82, 2.24) is 4.57 Å². The summed E-state index contributed by atoms with van der Waals surface area (Å²) < 4.78 is 8.94. The van der Waals surface area contributed by atoms with E-state index in [2.05, 4.69) is 252 Å². The minimum Gasteiger partial charge on any atom is -0.455 e. The van der Waals surface area contributed by atoms with Gasteiger partial charge in [0, 0.05) is 49.7 Å². The Bertz CT molecular complexity index is 3880. The number of nitrogens with zero attached hydrogens (tertiary/aromatic N) is 2. The number of benzene rings is 11. The second-order valence-electron chi connectivity index (χ2n) is 16.9.